The molecule has 0 aromatic rings. The van der Waals surface area contributed by atoms with Gasteiger partial charge in [-0.25, -0.2) is 0 Å². The first-order valence-corrected chi connectivity index (χ1v) is 4.35. The van der Waals surface area contributed by atoms with Gasteiger partial charge in [-0.05, 0) is 36.8 Å². The number of ether oxygens (including phenoxy) is 1. The van der Waals surface area contributed by atoms with E-state index in [-0.39, 0.29) is 0 Å². The molecule has 0 heterocycles. The zero-order valence-corrected chi connectivity index (χ0v) is 6.97. The average molecular weight is 150 g/mol. The average Bonchev–Trinajstić information content (AvgIpc) is 2.47. The van der Waals surface area contributed by atoms with Gasteiger partial charge in [0.1, 0.15) is 0 Å². The van der Waals surface area contributed by atoms with Crippen molar-refractivity contribution in [2.75, 3.05) is 7.11 Å². The maximum Gasteiger partial charge on any atom is 0.0971 e. The van der Waals surface area contributed by atoms with E-state index in [9.17, 15) is 0 Å². The van der Waals surface area contributed by atoms with Crippen LogP contribution >= 0.6 is 0 Å². The highest BCUT2D eigenvalue weighted by Crippen LogP contribution is 2.33. The van der Waals surface area contributed by atoms with Crippen LogP contribution in [0, 0.1) is 0 Å². The molecule has 0 bridgehead atoms. The predicted octanol–water partition coefficient (Wildman–Crippen LogP) is 2.44. The molecule has 2 rings (SSSR count). The first-order chi connectivity index (χ1) is 5.42. The lowest BCUT2D eigenvalue weighted by Gasteiger charge is -2.18. The predicted molar refractivity (Wildman–Crippen MR) is 45.4 cm³/mol. The molecule has 0 radical (unpaired) electrons. The third-order valence-electron chi connectivity index (χ3n) is 2.62. The zero-order valence-electron chi connectivity index (χ0n) is 6.97. The van der Waals surface area contributed by atoms with Gasteiger partial charge in [0.2, 0.25) is 0 Å². The van der Waals surface area contributed by atoms with Crippen LogP contribution < -0.4 is 0 Å². The fourth-order valence-corrected chi connectivity index (χ4v) is 2.01. The fraction of sp³-hybridized carbons (Fsp3) is 0.600. The van der Waals surface area contributed by atoms with Crippen LogP contribution in [-0.4, -0.2) is 13.2 Å². The van der Waals surface area contributed by atoms with Crippen molar-refractivity contribution in [3.05, 3.63) is 23.3 Å². The molecule has 2 aliphatic rings. The van der Waals surface area contributed by atoms with E-state index in [1.807, 2.05) is 0 Å². The second-order valence-corrected chi connectivity index (χ2v) is 3.27. The lowest BCUT2D eigenvalue weighted by Crippen LogP contribution is -2.10. The minimum absolute atomic E-state index is 0.310. The number of hydrogen-bond donors (Lipinski definition) is 0. The van der Waals surface area contributed by atoms with Gasteiger partial charge < -0.3 is 4.74 Å². The molecule has 1 atom stereocenters. The molecule has 2 aliphatic carbocycles. The molecule has 0 saturated heterocycles. The summed E-state index contributed by atoms with van der Waals surface area (Å²) < 4.78 is 5.34. The van der Waals surface area contributed by atoms with Gasteiger partial charge in [-0.2, -0.15) is 0 Å². The van der Waals surface area contributed by atoms with Gasteiger partial charge in [-0.15, -0.1) is 0 Å². The zero-order chi connectivity index (χ0) is 7.68. The lowest BCUT2D eigenvalue weighted by molar-refractivity contribution is 0.166. The van der Waals surface area contributed by atoms with E-state index in [4.69, 9.17) is 4.74 Å². The van der Waals surface area contributed by atoms with Crippen LogP contribution in [0.25, 0.3) is 0 Å². The van der Waals surface area contributed by atoms with Crippen molar-refractivity contribution < 1.29 is 4.74 Å². The summed E-state index contributed by atoms with van der Waals surface area (Å²) in [4.78, 5) is 0. The van der Waals surface area contributed by atoms with Crippen LogP contribution in [0.5, 0.6) is 0 Å². The number of allylic oxidation sites excluding steroid dienone is 2. The highest BCUT2D eigenvalue weighted by atomic mass is 16.5. The summed E-state index contributed by atoms with van der Waals surface area (Å²) in [6.07, 6.45) is 9.95. The summed E-state index contributed by atoms with van der Waals surface area (Å²) in [6, 6.07) is 0. The molecule has 0 saturated carbocycles. The molecule has 0 N–H and O–H groups in total. The summed E-state index contributed by atoms with van der Waals surface area (Å²) >= 11 is 0. The summed E-state index contributed by atoms with van der Waals surface area (Å²) in [5.74, 6) is 0. The molecule has 0 aliphatic heterocycles. The Morgan fingerprint density at radius 2 is 2.18 bits per heavy atom. The maximum absolute atomic E-state index is 5.34. The van der Waals surface area contributed by atoms with Gasteiger partial charge >= 0.3 is 0 Å². The minimum Gasteiger partial charge on any atom is -0.373 e. The van der Waals surface area contributed by atoms with Crippen molar-refractivity contribution in [3.8, 4) is 0 Å². The van der Waals surface area contributed by atoms with Gasteiger partial charge in [0, 0.05) is 7.11 Å². The molecular weight excluding hydrogens is 136 g/mol. The van der Waals surface area contributed by atoms with E-state index in [0.29, 0.717) is 6.10 Å². The van der Waals surface area contributed by atoms with Crippen LogP contribution in [0.4, 0.5) is 0 Å². The first kappa shape index (κ1) is 7.11. The number of hydrogen-bond acceptors (Lipinski definition) is 1. The third-order valence-corrected chi connectivity index (χ3v) is 2.62. The van der Waals surface area contributed by atoms with E-state index < -0.39 is 0 Å². The topological polar surface area (TPSA) is 9.23 Å². The molecule has 0 amide bonds. The van der Waals surface area contributed by atoms with Crippen LogP contribution in [0.3, 0.4) is 0 Å². The third kappa shape index (κ3) is 1.14. The monoisotopic (exact) mass is 150 g/mol. The molecule has 1 unspecified atom stereocenters. The van der Waals surface area contributed by atoms with Crippen LogP contribution in [0.1, 0.15) is 25.7 Å². The quantitative estimate of drug-likeness (QED) is 0.558. The van der Waals surface area contributed by atoms with Crippen LogP contribution in [-0.2, 0) is 4.74 Å². The van der Waals surface area contributed by atoms with E-state index in [2.05, 4.69) is 12.2 Å². The first-order valence-electron chi connectivity index (χ1n) is 4.35. The molecule has 0 fully saturated rings. The molecule has 0 spiro atoms. The van der Waals surface area contributed by atoms with Crippen molar-refractivity contribution in [1.82, 2.24) is 0 Å². The molecular formula is C10H14O. The Balaban J connectivity index is 2.21. The van der Waals surface area contributed by atoms with E-state index in [0.717, 1.165) is 0 Å². The Labute approximate surface area is 67.7 Å². The number of rotatable bonds is 1. The van der Waals surface area contributed by atoms with E-state index in [1.165, 1.54) is 25.7 Å². The summed E-state index contributed by atoms with van der Waals surface area (Å²) in [5.41, 5.74) is 3.09. The van der Waals surface area contributed by atoms with Crippen molar-refractivity contribution in [3.63, 3.8) is 0 Å². The Morgan fingerprint density at radius 3 is 3.00 bits per heavy atom. The summed E-state index contributed by atoms with van der Waals surface area (Å²) in [7, 11) is 1.79. The van der Waals surface area contributed by atoms with Crippen molar-refractivity contribution in [1.29, 1.82) is 0 Å². The summed E-state index contributed by atoms with van der Waals surface area (Å²) in [6.45, 7) is 0. The van der Waals surface area contributed by atoms with E-state index in [1.54, 1.807) is 18.3 Å². The van der Waals surface area contributed by atoms with Gasteiger partial charge in [0.25, 0.3) is 0 Å². The molecule has 0 aromatic heterocycles. The fourth-order valence-electron chi connectivity index (χ4n) is 2.01. The van der Waals surface area contributed by atoms with Crippen molar-refractivity contribution in [2.45, 2.75) is 31.8 Å². The highest BCUT2D eigenvalue weighted by molar-refractivity contribution is 5.39. The van der Waals surface area contributed by atoms with Gasteiger partial charge in [-0.3, -0.25) is 0 Å². The summed E-state index contributed by atoms with van der Waals surface area (Å²) in [5, 5.41) is 0. The smallest absolute Gasteiger partial charge is 0.0971 e. The molecule has 1 heteroatoms. The molecule has 1 nitrogen and oxygen atoms in total. The maximum atomic E-state index is 5.34. The second-order valence-electron chi connectivity index (χ2n) is 3.27. The normalized spacial score (nSPS) is 29.4. The standard InChI is InChI=1S/C10H14O/c1-11-10-7-6-8-4-2-3-5-9(8)10/h6-7,10H,2-5H2,1H3. The Bertz CT molecular complexity index is 213. The Kier molecular flexibility index (Phi) is 1.82. The molecule has 60 valence electrons. The highest BCUT2D eigenvalue weighted by Gasteiger charge is 2.21. The lowest BCUT2D eigenvalue weighted by atomic mass is 9.93. The van der Waals surface area contributed by atoms with Crippen molar-refractivity contribution >= 4 is 0 Å². The largest absolute Gasteiger partial charge is 0.373 e. The Hall–Kier alpha value is -0.560. The van der Waals surface area contributed by atoms with Crippen LogP contribution in [0.2, 0.25) is 0 Å². The van der Waals surface area contributed by atoms with Crippen LogP contribution in [0.15, 0.2) is 23.3 Å². The van der Waals surface area contributed by atoms with Gasteiger partial charge in [0.05, 0.1) is 6.10 Å². The second kappa shape index (κ2) is 2.82. The van der Waals surface area contributed by atoms with Gasteiger partial charge in [-0.1, -0.05) is 12.2 Å². The minimum atomic E-state index is 0.310. The number of methoxy groups -OCH3 is 1. The molecule has 0 aromatic carbocycles. The Morgan fingerprint density at radius 1 is 1.36 bits per heavy atom. The van der Waals surface area contributed by atoms with E-state index >= 15 is 0 Å². The molecule has 11 heavy (non-hydrogen) atoms. The van der Waals surface area contributed by atoms with Crippen molar-refractivity contribution in [2.24, 2.45) is 0 Å². The SMILES string of the molecule is COC1C=CC2=C1CCCC2. The van der Waals surface area contributed by atoms with Gasteiger partial charge in [0.15, 0.2) is 0 Å².